The standard InChI is InChI=1S/C16H19N.C6H6/c1-5-6-13-14-8-7-12(4)10-16(14)17-15(13)9-11(2)3;1-2-4-6-5-3-1/h5-10,17H,1-4H3;1-6H/b6-5-;. The molecule has 1 aromatic heterocycles. The summed E-state index contributed by atoms with van der Waals surface area (Å²) in [7, 11) is 0. The van der Waals surface area contributed by atoms with Crippen molar-refractivity contribution >= 4 is 23.1 Å². The molecule has 0 amide bonds. The van der Waals surface area contributed by atoms with Crippen LogP contribution in [-0.4, -0.2) is 4.98 Å². The fourth-order valence-corrected chi connectivity index (χ4v) is 2.49. The summed E-state index contributed by atoms with van der Waals surface area (Å²) in [5, 5.41) is 1.29. The number of hydrogen-bond acceptors (Lipinski definition) is 0. The van der Waals surface area contributed by atoms with Gasteiger partial charge in [0, 0.05) is 22.2 Å². The largest absolute Gasteiger partial charge is 0.355 e. The quantitative estimate of drug-likeness (QED) is 0.547. The number of hydrogen-bond donors (Lipinski definition) is 1. The van der Waals surface area contributed by atoms with Crippen LogP contribution in [0.2, 0.25) is 0 Å². The number of rotatable bonds is 2. The van der Waals surface area contributed by atoms with Crippen molar-refractivity contribution in [2.45, 2.75) is 27.7 Å². The van der Waals surface area contributed by atoms with E-state index in [4.69, 9.17) is 0 Å². The van der Waals surface area contributed by atoms with Gasteiger partial charge < -0.3 is 4.98 Å². The number of aromatic nitrogens is 1. The van der Waals surface area contributed by atoms with E-state index in [1.165, 1.54) is 33.3 Å². The van der Waals surface area contributed by atoms with Gasteiger partial charge in [0.1, 0.15) is 0 Å². The smallest absolute Gasteiger partial charge is 0.0467 e. The zero-order valence-electron chi connectivity index (χ0n) is 14.4. The third kappa shape index (κ3) is 4.72. The summed E-state index contributed by atoms with van der Waals surface area (Å²) in [6.07, 6.45) is 6.46. The summed E-state index contributed by atoms with van der Waals surface area (Å²) in [5.41, 5.74) is 6.28. The van der Waals surface area contributed by atoms with Gasteiger partial charge in [0.05, 0.1) is 0 Å². The summed E-state index contributed by atoms with van der Waals surface area (Å²) in [6, 6.07) is 18.6. The molecule has 1 N–H and O–H groups in total. The molecule has 0 aliphatic heterocycles. The molecular weight excluding hydrogens is 278 g/mol. The van der Waals surface area contributed by atoms with Crippen molar-refractivity contribution in [3.05, 3.63) is 83.1 Å². The number of aromatic amines is 1. The highest BCUT2D eigenvalue weighted by molar-refractivity contribution is 5.93. The predicted octanol–water partition coefficient (Wildman–Crippen LogP) is 6.62. The Bertz CT molecular complexity index is 774. The second-order valence-corrected chi connectivity index (χ2v) is 5.88. The fraction of sp³-hybridized carbons (Fsp3) is 0.182. The van der Waals surface area contributed by atoms with E-state index in [0.29, 0.717) is 0 Å². The van der Waals surface area contributed by atoms with Crippen LogP contribution in [0.1, 0.15) is 37.6 Å². The molecule has 23 heavy (non-hydrogen) atoms. The molecule has 0 spiro atoms. The van der Waals surface area contributed by atoms with Crippen LogP contribution in [0.4, 0.5) is 0 Å². The Morgan fingerprint density at radius 2 is 1.57 bits per heavy atom. The van der Waals surface area contributed by atoms with Crippen LogP contribution in [0.5, 0.6) is 0 Å². The Labute approximate surface area is 139 Å². The highest BCUT2D eigenvalue weighted by atomic mass is 14.7. The van der Waals surface area contributed by atoms with Gasteiger partial charge in [-0.25, -0.2) is 0 Å². The molecule has 118 valence electrons. The van der Waals surface area contributed by atoms with Gasteiger partial charge in [-0.2, -0.15) is 0 Å². The number of fused-ring (bicyclic) bond motifs is 1. The molecule has 2 aromatic carbocycles. The van der Waals surface area contributed by atoms with Crippen LogP contribution in [0, 0.1) is 6.92 Å². The highest BCUT2D eigenvalue weighted by Crippen LogP contribution is 2.26. The van der Waals surface area contributed by atoms with Crippen LogP contribution in [0.3, 0.4) is 0 Å². The van der Waals surface area contributed by atoms with Gasteiger partial charge in [-0.1, -0.05) is 66.3 Å². The van der Waals surface area contributed by atoms with E-state index >= 15 is 0 Å². The first-order valence-corrected chi connectivity index (χ1v) is 8.01. The Morgan fingerprint density at radius 1 is 0.957 bits per heavy atom. The maximum absolute atomic E-state index is 3.49. The lowest BCUT2D eigenvalue weighted by Gasteiger charge is -1.95. The van der Waals surface area contributed by atoms with Gasteiger partial charge in [0.2, 0.25) is 0 Å². The molecule has 1 nitrogen and oxygen atoms in total. The zero-order chi connectivity index (χ0) is 16.7. The maximum Gasteiger partial charge on any atom is 0.0467 e. The lowest BCUT2D eigenvalue weighted by molar-refractivity contribution is 1.36. The molecule has 0 saturated heterocycles. The van der Waals surface area contributed by atoms with Crippen LogP contribution < -0.4 is 0 Å². The van der Waals surface area contributed by atoms with Crippen LogP contribution in [0.15, 0.2) is 66.2 Å². The first kappa shape index (κ1) is 16.8. The molecule has 1 heteroatoms. The van der Waals surface area contributed by atoms with Crippen molar-refractivity contribution in [3.8, 4) is 0 Å². The van der Waals surface area contributed by atoms with Crippen molar-refractivity contribution in [1.82, 2.24) is 4.98 Å². The van der Waals surface area contributed by atoms with Crippen LogP contribution in [-0.2, 0) is 0 Å². The minimum atomic E-state index is 1.20. The van der Waals surface area contributed by atoms with Crippen LogP contribution >= 0.6 is 0 Å². The van der Waals surface area contributed by atoms with E-state index < -0.39 is 0 Å². The molecule has 0 aliphatic rings. The monoisotopic (exact) mass is 303 g/mol. The van der Waals surface area contributed by atoms with Gasteiger partial charge in [-0.05, 0) is 45.4 Å². The summed E-state index contributed by atoms with van der Waals surface area (Å²) >= 11 is 0. The average molecular weight is 303 g/mol. The van der Waals surface area contributed by atoms with Crippen LogP contribution in [0.25, 0.3) is 23.1 Å². The second kappa shape index (κ2) is 8.19. The second-order valence-electron chi connectivity index (χ2n) is 5.88. The average Bonchev–Trinajstić information content (AvgIpc) is 2.86. The number of allylic oxidation sites excluding steroid dienone is 2. The number of benzene rings is 2. The van der Waals surface area contributed by atoms with Gasteiger partial charge in [-0.15, -0.1) is 0 Å². The Kier molecular flexibility index (Phi) is 5.99. The number of aryl methyl sites for hydroxylation is 1. The highest BCUT2D eigenvalue weighted by Gasteiger charge is 2.06. The van der Waals surface area contributed by atoms with E-state index in [1.807, 2.05) is 36.4 Å². The van der Waals surface area contributed by atoms with Gasteiger partial charge >= 0.3 is 0 Å². The third-order valence-corrected chi connectivity index (χ3v) is 3.46. The third-order valence-electron chi connectivity index (χ3n) is 3.46. The molecule has 3 rings (SSSR count). The van der Waals surface area contributed by atoms with E-state index in [9.17, 15) is 0 Å². The predicted molar refractivity (Wildman–Crippen MR) is 104 cm³/mol. The summed E-state index contributed by atoms with van der Waals surface area (Å²) in [5.74, 6) is 0. The molecule has 1 heterocycles. The Balaban J connectivity index is 0.000000268. The normalized spacial score (nSPS) is 10.4. The minimum Gasteiger partial charge on any atom is -0.355 e. The van der Waals surface area contributed by atoms with Crippen molar-refractivity contribution in [2.75, 3.05) is 0 Å². The summed E-state index contributed by atoms with van der Waals surface area (Å²) in [4.78, 5) is 3.49. The Morgan fingerprint density at radius 3 is 2.09 bits per heavy atom. The molecule has 0 unspecified atom stereocenters. The van der Waals surface area contributed by atoms with Gasteiger partial charge in [0.25, 0.3) is 0 Å². The first-order valence-electron chi connectivity index (χ1n) is 8.01. The van der Waals surface area contributed by atoms with E-state index in [2.05, 4.69) is 69.1 Å². The van der Waals surface area contributed by atoms with E-state index in [0.717, 1.165) is 0 Å². The molecular formula is C22H25N. The fourth-order valence-electron chi connectivity index (χ4n) is 2.49. The molecule has 0 radical (unpaired) electrons. The molecule has 0 atom stereocenters. The molecule has 0 saturated carbocycles. The lowest BCUT2D eigenvalue weighted by Crippen LogP contribution is -1.77. The molecule has 0 aliphatic carbocycles. The van der Waals surface area contributed by atoms with Crippen molar-refractivity contribution in [2.24, 2.45) is 0 Å². The van der Waals surface area contributed by atoms with E-state index in [1.54, 1.807) is 0 Å². The molecule has 0 fully saturated rings. The van der Waals surface area contributed by atoms with E-state index in [-0.39, 0.29) is 0 Å². The zero-order valence-corrected chi connectivity index (χ0v) is 14.4. The number of H-pyrrole nitrogens is 1. The molecule has 0 bridgehead atoms. The maximum atomic E-state index is 3.49. The van der Waals surface area contributed by atoms with Crippen molar-refractivity contribution in [1.29, 1.82) is 0 Å². The summed E-state index contributed by atoms with van der Waals surface area (Å²) < 4.78 is 0. The topological polar surface area (TPSA) is 15.8 Å². The number of nitrogens with one attached hydrogen (secondary N) is 1. The SMILES string of the molecule is C/C=C\c1c(C=C(C)C)[nH]c2cc(C)ccc12.c1ccccc1. The van der Waals surface area contributed by atoms with Gasteiger partial charge in [0.15, 0.2) is 0 Å². The van der Waals surface area contributed by atoms with Crippen molar-refractivity contribution in [3.63, 3.8) is 0 Å². The van der Waals surface area contributed by atoms with Crippen molar-refractivity contribution < 1.29 is 0 Å². The molecule has 3 aromatic rings. The summed E-state index contributed by atoms with van der Waals surface area (Å²) in [6.45, 7) is 8.42. The van der Waals surface area contributed by atoms with Gasteiger partial charge in [-0.3, -0.25) is 0 Å². The first-order chi connectivity index (χ1) is 11.1. The minimum absolute atomic E-state index is 1.20. The Hall–Kier alpha value is -2.54. The lowest BCUT2D eigenvalue weighted by atomic mass is 10.1.